The van der Waals surface area contributed by atoms with E-state index in [0.29, 0.717) is 22.2 Å². The molecule has 1 aromatic carbocycles. The number of benzene rings is 1. The predicted octanol–water partition coefficient (Wildman–Crippen LogP) is 2.44. The molecule has 2 atom stereocenters. The number of aryl methyl sites for hydroxylation is 3. The number of nitrogens with one attached hydrogen (secondary N) is 3. The zero-order valence-electron chi connectivity index (χ0n) is 19.9. The summed E-state index contributed by atoms with van der Waals surface area (Å²) in [6, 6.07) is 7.53. The summed E-state index contributed by atoms with van der Waals surface area (Å²) in [5.74, 6) is -1.64. The molecule has 5 N–H and O–H groups in total. The average molecular weight is 510 g/mol. The first-order chi connectivity index (χ1) is 17.2. The molecular formula is C25H27N5O5S. The van der Waals surface area contributed by atoms with Gasteiger partial charge in [-0.1, -0.05) is 12.1 Å². The van der Waals surface area contributed by atoms with Gasteiger partial charge in [-0.25, -0.2) is 14.8 Å². The Morgan fingerprint density at radius 3 is 2.53 bits per heavy atom. The fraction of sp³-hybridized carbons (Fsp3) is 0.320. The second kappa shape index (κ2) is 10.7. The molecule has 2 aromatic heterocycles. The Morgan fingerprint density at radius 2 is 1.86 bits per heavy atom. The van der Waals surface area contributed by atoms with Crippen LogP contribution < -0.4 is 16.0 Å². The molecule has 2 unspecified atom stereocenters. The Balaban J connectivity index is 1.41. The molecular weight excluding hydrogens is 482 g/mol. The second-order valence-electron chi connectivity index (χ2n) is 8.68. The highest BCUT2D eigenvalue weighted by atomic mass is 32.1. The molecule has 1 aliphatic rings. The number of aromatic nitrogens is 2. The van der Waals surface area contributed by atoms with Gasteiger partial charge in [-0.3, -0.25) is 9.59 Å². The lowest BCUT2D eigenvalue weighted by Crippen LogP contribution is -2.48. The maximum absolute atomic E-state index is 12.9. The van der Waals surface area contributed by atoms with E-state index in [1.807, 2.05) is 6.07 Å². The van der Waals surface area contributed by atoms with Crippen LogP contribution >= 0.6 is 11.3 Å². The van der Waals surface area contributed by atoms with E-state index in [-0.39, 0.29) is 23.9 Å². The van der Waals surface area contributed by atoms with Crippen LogP contribution in [0.3, 0.4) is 0 Å². The third-order valence-corrected chi connectivity index (χ3v) is 6.93. The molecule has 10 nitrogen and oxygen atoms in total. The summed E-state index contributed by atoms with van der Waals surface area (Å²) in [7, 11) is 0. The van der Waals surface area contributed by atoms with Crippen LogP contribution in [0.25, 0.3) is 0 Å². The number of amides is 2. The molecule has 0 saturated carbocycles. The highest BCUT2D eigenvalue weighted by Gasteiger charge is 2.26. The van der Waals surface area contributed by atoms with Crippen molar-refractivity contribution in [1.82, 2.24) is 20.6 Å². The summed E-state index contributed by atoms with van der Waals surface area (Å²) in [6.07, 6.45) is 2.42. The van der Waals surface area contributed by atoms with E-state index < -0.39 is 23.8 Å². The van der Waals surface area contributed by atoms with Gasteiger partial charge in [0.15, 0.2) is 0 Å². The van der Waals surface area contributed by atoms with Crippen molar-refractivity contribution in [3.8, 4) is 5.75 Å². The number of aromatic hydroxyl groups is 1. The van der Waals surface area contributed by atoms with Crippen LogP contribution in [0.5, 0.6) is 5.75 Å². The van der Waals surface area contributed by atoms with Gasteiger partial charge in [0.05, 0.1) is 21.8 Å². The van der Waals surface area contributed by atoms with Crippen LogP contribution in [0.4, 0.5) is 5.95 Å². The molecule has 0 aliphatic heterocycles. The fourth-order valence-corrected chi connectivity index (χ4v) is 4.92. The number of anilines is 1. The summed E-state index contributed by atoms with van der Waals surface area (Å²) < 4.78 is 0. The monoisotopic (exact) mass is 509 g/mol. The van der Waals surface area contributed by atoms with Crippen LogP contribution in [-0.2, 0) is 17.6 Å². The zero-order chi connectivity index (χ0) is 25.8. The van der Waals surface area contributed by atoms with Gasteiger partial charge in [0, 0.05) is 12.6 Å². The molecule has 4 rings (SSSR count). The number of fused-ring (bicyclic) bond motifs is 1. The molecule has 0 fully saturated rings. The van der Waals surface area contributed by atoms with Crippen molar-refractivity contribution in [1.29, 1.82) is 0 Å². The number of carboxylic acid groups (broad SMARTS) is 1. The number of carboxylic acids is 1. The quantitative estimate of drug-likeness (QED) is 0.310. The third-order valence-electron chi connectivity index (χ3n) is 6.06. The largest absolute Gasteiger partial charge is 0.508 e. The highest BCUT2D eigenvalue weighted by Crippen LogP contribution is 2.26. The Morgan fingerprint density at radius 1 is 1.11 bits per heavy atom. The van der Waals surface area contributed by atoms with E-state index in [1.54, 1.807) is 43.5 Å². The number of phenolic OH excluding ortho intramolecular Hbond substituents is 1. The number of phenols is 1. The minimum Gasteiger partial charge on any atom is -0.508 e. The number of carbonyl (C=O) groups excluding carboxylic acids is 2. The molecule has 0 spiro atoms. The molecule has 188 valence electrons. The highest BCUT2D eigenvalue weighted by molar-refractivity contribution is 7.12. The lowest BCUT2D eigenvalue weighted by Gasteiger charge is -2.26. The number of nitrogens with zero attached hydrogens (tertiary/aromatic N) is 2. The molecule has 3 aromatic rings. The Hall–Kier alpha value is -3.99. The van der Waals surface area contributed by atoms with Gasteiger partial charge in [0.25, 0.3) is 11.8 Å². The van der Waals surface area contributed by atoms with Crippen molar-refractivity contribution < 1.29 is 24.6 Å². The molecule has 0 radical (unpaired) electrons. The SMILES string of the molecule is Cc1nc(NC2CCc3cc(O)ccc3C2)nc(C)c1C(=O)NC(CNC(=O)c1cccs1)C(=O)O. The molecule has 36 heavy (non-hydrogen) atoms. The number of rotatable bonds is 8. The molecule has 1 aliphatic carbocycles. The van der Waals surface area contributed by atoms with Crippen LogP contribution in [-0.4, -0.2) is 56.6 Å². The predicted molar refractivity (Wildman–Crippen MR) is 135 cm³/mol. The minimum atomic E-state index is -1.32. The molecule has 11 heteroatoms. The van der Waals surface area contributed by atoms with Crippen molar-refractivity contribution in [3.05, 3.63) is 68.7 Å². The van der Waals surface area contributed by atoms with E-state index in [0.717, 1.165) is 30.4 Å². The maximum Gasteiger partial charge on any atom is 0.328 e. The normalized spacial score (nSPS) is 15.4. The number of aliphatic carboxylic acids is 1. The van der Waals surface area contributed by atoms with Crippen molar-refractivity contribution in [2.24, 2.45) is 0 Å². The summed E-state index contributed by atoms with van der Waals surface area (Å²) in [6.45, 7) is 3.07. The van der Waals surface area contributed by atoms with Crippen LogP contribution in [0, 0.1) is 13.8 Å². The second-order valence-corrected chi connectivity index (χ2v) is 9.63. The van der Waals surface area contributed by atoms with Gasteiger partial charge in [-0.15, -0.1) is 11.3 Å². The van der Waals surface area contributed by atoms with Crippen molar-refractivity contribution >= 4 is 35.1 Å². The topological polar surface area (TPSA) is 154 Å². The van der Waals surface area contributed by atoms with Gasteiger partial charge in [0.2, 0.25) is 5.95 Å². The van der Waals surface area contributed by atoms with E-state index in [1.165, 1.54) is 11.3 Å². The number of thiophene rings is 1. The Labute approximate surface area is 211 Å². The Kier molecular flexibility index (Phi) is 7.49. The Bertz CT molecular complexity index is 1270. The van der Waals surface area contributed by atoms with Gasteiger partial charge in [-0.05, 0) is 67.8 Å². The average Bonchev–Trinajstić information content (AvgIpc) is 3.36. The molecule has 2 amide bonds. The summed E-state index contributed by atoms with van der Waals surface area (Å²) >= 11 is 1.24. The fourth-order valence-electron chi connectivity index (χ4n) is 4.28. The minimum absolute atomic E-state index is 0.101. The van der Waals surface area contributed by atoms with Gasteiger partial charge >= 0.3 is 5.97 Å². The lowest BCUT2D eigenvalue weighted by molar-refractivity contribution is -0.139. The molecule has 0 saturated heterocycles. The van der Waals surface area contributed by atoms with Crippen LogP contribution in [0.1, 0.15) is 49.0 Å². The van der Waals surface area contributed by atoms with E-state index in [4.69, 9.17) is 0 Å². The molecule has 2 heterocycles. The van der Waals surface area contributed by atoms with Gasteiger partial charge in [-0.2, -0.15) is 0 Å². The van der Waals surface area contributed by atoms with Gasteiger partial charge < -0.3 is 26.2 Å². The summed E-state index contributed by atoms with van der Waals surface area (Å²) in [5, 5.41) is 29.3. The van der Waals surface area contributed by atoms with E-state index in [9.17, 15) is 24.6 Å². The van der Waals surface area contributed by atoms with Crippen LogP contribution in [0.2, 0.25) is 0 Å². The first-order valence-corrected chi connectivity index (χ1v) is 12.4. The summed E-state index contributed by atoms with van der Waals surface area (Å²) in [5.41, 5.74) is 3.31. The number of hydrogen-bond acceptors (Lipinski definition) is 8. The third kappa shape index (κ3) is 5.80. The van der Waals surface area contributed by atoms with Crippen molar-refractivity contribution in [3.63, 3.8) is 0 Å². The zero-order valence-corrected chi connectivity index (χ0v) is 20.7. The first-order valence-electron chi connectivity index (χ1n) is 11.5. The first kappa shape index (κ1) is 25.1. The number of hydrogen-bond donors (Lipinski definition) is 5. The van der Waals surface area contributed by atoms with Crippen molar-refractivity contribution in [2.45, 2.75) is 45.2 Å². The molecule has 0 bridgehead atoms. The van der Waals surface area contributed by atoms with E-state index in [2.05, 4.69) is 25.9 Å². The van der Waals surface area contributed by atoms with Crippen molar-refractivity contribution in [2.75, 3.05) is 11.9 Å². The smallest absolute Gasteiger partial charge is 0.328 e. The lowest BCUT2D eigenvalue weighted by atomic mass is 9.88. The standard InChI is InChI=1S/C25H27N5O5S/c1-13-21(23(33)30-19(24(34)35)12-26-22(32)20-4-3-9-36-20)14(2)28-25(27-13)29-17-7-5-16-11-18(31)8-6-15(16)10-17/h3-4,6,8-9,11,17,19,31H,5,7,10,12H2,1-2H3,(H,26,32)(H,30,33)(H,34,35)(H,27,28,29). The summed E-state index contributed by atoms with van der Waals surface area (Å²) in [4.78, 5) is 46.1. The maximum atomic E-state index is 12.9. The van der Waals surface area contributed by atoms with Crippen LogP contribution in [0.15, 0.2) is 35.7 Å². The van der Waals surface area contributed by atoms with E-state index >= 15 is 0 Å². The number of carbonyl (C=O) groups is 3. The van der Waals surface area contributed by atoms with Gasteiger partial charge in [0.1, 0.15) is 11.8 Å².